The minimum Gasteiger partial charge on any atom is -0.411 e. The van der Waals surface area contributed by atoms with Crippen LogP contribution in [-0.4, -0.2) is 27.8 Å². The van der Waals surface area contributed by atoms with Crippen molar-refractivity contribution in [1.29, 1.82) is 0 Å². The van der Waals surface area contributed by atoms with E-state index in [0.29, 0.717) is 11.5 Å². The summed E-state index contributed by atoms with van der Waals surface area (Å²) in [5, 5.41) is 8.15. The Morgan fingerprint density at radius 2 is 1.73 bits per heavy atom. The molecule has 2 aromatic carbocycles. The zero-order valence-corrected chi connectivity index (χ0v) is 16.3. The molecular weight excluding hydrogens is 467 g/mol. The van der Waals surface area contributed by atoms with Crippen LogP contribution in [0.3, 0.4) is 0 Å². The lowest BCUT2D eigenvalue weighted by atomic mass is 10.2. The molecule has 0 saturated heterocycles. The number of nitrogens with zero attached hydrogens (tertiary/aromatic N) is 2. The second kappa shape index (κ2) is 8.81. The second-order valence-electron chi connectivity index (χ2n) is 5.04. The summed E-state index contributed by atoms with van der Waals surface area (Å²) >= 11 is 3.30. The largest absolute Gasteiger partial charge is 0.411 e. The van der Waals surface area contributed by atoms with Crippen molar-refractivity contribution < 1.29 is 14.0 Å². The van der Waals surface area contributed by atoms with Gasteiger partial charge in [0.2, 0.25) is 11.8 Å². The number of carbonyl (C=O) groups excluding carboxylic acids is 2. The minimum atomic E-state index is -0.386. The van der Waals surface area contributed by atoms with E-state index in [9.17, 15) is 9.59 Å². The Morgan fingerprint density at radius 3 is 2.46 bits per heavy atom. The van der Waals surface area contributed by atoms with Crippen molar-refractivity contribution in [3.05, 3.63) is 63.7 Å². The van der Waals surface area contributed by atoms with E-state index in [1.54, 1.807) is 30.3 Å². The molecule has 1 heterocycles. The number of benzene rings is 2. The highest BCUT2D eigenvalue weighted by Gasteiger charge is 2.12. The monoisotopic (exact) mass is 480 g/mol. The summed E-state index contributed by atoms with van der Waals surface area (Å²) in [7, 11) is 0. The fourth-order valence-corrected chi connectivity index (χ4v) is 2.85. The molecule has 0 bridgehead atoms. The highest BCUT2D eigenvalue weighted by molar-refractivity contribution is 14.1. The third kappa shape index (κ3) is 5.05. The van der Waals surface area contributed by atoms with Gasteiger partial charge in [-0.2, -0.15) is 0 Å². The number of nitrogens with one attached hydrogen (secondary N) is 2. The smallest absolute Gasteiger partial charge is 0.277 e. The van der Waals surface area contributed by atoms with Gasteiger partial charge in [-0.05, 0) is 59.0 Å². The Hall–Kier alpha value is -2.40. The predicted molar refractivity (Wildman–Crippen MR) is 105 cm³/mol. The van der Waals surface area contributed by atoms with Gasteiger partial charge in [0.1, 0.15) is 0 Å². The number of rotatable bonds is 5. The summed E-state index contributed by atoms with van der Waals surface area (Å²) in [6.45, 7) is 0. The van der Waals surface area contributed by atoms with Gasteiger partial charge in [-0.3, -0.25) is 20.4 Å². The molecule has 0 saturated carbocycles. The number of hydrogen-bond donors (Lipinski definition) is 2. The van der Waals surface area contributed by atoms with Crippen molar-refractivity contribution in [2.75, 3.05) is 5.75 Å². The molecule has 0 aliphatic carbocycles. The molecule has 0 unspecified atom stereocenters. The molecule has 0 atom stereocenters. The summed E-state index contributed by atoms with van der Waals surface area (Å²) in [5.74, 6) is -0.346. The molecule has 7 nitrogen and oxygen atoms in total. The summed E-state index contributed by atoms with van der Waals surface area (Å²) in [4.78, 5) is 23.7. The molecule has 2 amide bonds. The van der Waals surface area contributed by atoms with Crippen LogP contribution in [0.4, 0.5) is 0 Å². The fourth-order valence-electron chi connectivity index (χ4n) is 1.93. The standard InChI is InChI=1S/C17H13IN4O3S/c18-13-8-6-12(7-9-13)16-21-22-17(25-16)26-10-14(23)19-20-15(24)11-4-2-1-3-5-11/h1-9H,10H2,(H,19,23)(H,20,24). The van der Waals surface area contributed by atoms with Gasteiger partial charge in [0, 0.05) is 14.7 Å². The molecule has 2 N–H and O–H groups in total. The molecule has 0 aliphatic heterocycles. The number of amides is 2. The lowest BCUT2D eigenvalue weighted by molar-refractivity contribution is -0.119. The van der Waals surface area contributed by atoms with Crippen LogP contribution >= 0.6 is 34.4 Å². The van der Waals surface area contributed by atoms with E-state index in [0.717, 1.165) is 20.9 Å². The summed E-state index contributed by atoms with van der Waals surface area (Å²) in [5.41, 5.74) is 5.97. The maximum Gasteiger partial charge on any atom is 0.277 e. The maximum atomic E-state index is 11.8. The zero-order valence-electron chi connectivity index (χ0n) is 13.3. The minimum absolute atomic E-state index is 0.0311. The first kappa shape index (κ1) is 18.4. The third-order valence-corrected chi connectivity index (χ3v) is 4.71. The van der Waals surface area contributed by atoms with Crippen LogP contribution in [0, 0.1) is 3.57 Å². The average molecular weight is 480 g/mol. The molecule has 3 aromatic rings. The van der Waals surface area contributed by atoms with Crippen LogP contribution in [0.25, 0.3) is 11.5 Å². The zero-order chi connectivity index (χ0) is 18.4. The topological polar surface area (TPSA) is 97.1 Å². The van der Waals surface area contributed by atoms with Crippen molar-refractivity contribution in [3.8, 4) is 11.5 Å². The van der Waals surface area contributed by atoms with Crippen molar-refractivity contribution in [2.45, 2.75) is 5.22 Å². The van der Waals surface area contributed by atoms with E-state index in [-0.39, 0.29) is 22.8 Å². The Bertz CT molecular complexity index is 900. The summed E-state index contributed by atoms with van der Waals surface area (Å²) < 4.78 is 6.63. The Balaban J connectivity index is 1.47. The molecule has 0 aliphatic rings. The van der Waals surface area contributed by atoms with Crippen LogP contribution in [0.2, 0.25) is 0 Å². The number of halogens is 1. The van der Waals surface area contributed by atoms with Gasteiger partial charge in [0.15, 0.2) is 0 Å². The van der Waals surface area contributed by atoms with Crippen molar-refractivity contribution >= 4 is 46.2 Å². The van der Waals surface area contributed by atoms with Gasteiger partial charge in [-0.1, -0.05) is 30.0 Å². The van der Waals surface area contributed by atoms with Crippen molar-refractivity contribution in [3.63, 3.8) is 0 Å². The first-order chi connectivity index (χ1) is 12.6. The molecule has 0 radical (unpaired) electrons. The van der Waals surface area contributed by atoms with Gasteiger partial charge in [-0.15, -0.1) is 10.2 Å². The number of hydrogen-bond acceptors (Lipinski definition) is 6. The lowest BCUT2D eigenvalue weighted by Gasteiger charge is -2.06. The van der Waals surface area contributed by atoms with Gasteiger partial charge >= 0.3 is 0 Å². The molecule has 0 fully saturated rings. The van der Waals surface area contributed by atoms with E-state index in [1.165, 1.54) is 0 Å². The molecule has 26 heavy (non-hydrogen) atoms. The quantitative estimate of drug-likeness (QED) is 0.331. The molecule has 9 heteroatoms. The number of carbonyl (C=O) groups is 2. The highest BCUT2D eigenvalue weighted by atomic mass is 127. The molecule has 0 spiro atoms. The van der Waals surface area contributed by atoms with Crippen LogP contribution in [-0.2, 0) is 4.79 Å². The average Bonchev–Trinajstić information content (AvgIpc) is 3.14. The van der Waals surface area contributed by atoms with E-state index in [1.807, 2.05) is 24.3 Å². The SMILES string of the molecule is O=C(CSc1nnc(-c2ccc(I)cc2)o1)NNC(=O)c1ccccc1. The third-order valence-electron chi connectivity index (χ3n) is 3.18. The van der Waals surface area contributed by atoms with Gasteiger partial charge in [-0.25, -0.2) is 0 Å². The first-order valence-corrected chi connectivity index (χ1v) is 9.55. The van der Waals surface area contributed by atoms with E-state index < -0.39 is 0 Å². The second-order valence-corrected chi connectivity index (χ2v) is 7.21. The molecule has 1 aromatic heterocycles. The lowest BCUT2D eigenvalue weighted by Crippen LogP contribution is -2.42. The van der Waals surface area contributed by atoms with Crippen molar-refractivity contribution in [1.82, 2.24) is 21.0 Å². The van der Waals surface area contributed by atoms with E-state index in [2.05, 4.69) is 43.6 Å². The first-order valence-electron chi connectivity index (χ1n) is 7.48. The normalized spacial score (nSPS) is 10.3. The van der Waals surface area contributed by atoms with Gasteiger partial charge in [0.25, 0.3) is 11.1 Å². The number of hydrazine groups is 1. The van der Waals surface area contributed by atoms with Crippen LogP contribution < -0.4 is 10.9 Å². The van der Waals surface area contributed by atoms with Crippen LogP contribution in [0.5, 0.6) is 0 Å². The van der Waals surface area contributed by atoms with Crippen LogP contribution in [0.1, 0.15) is 10.4 Å². The molecule has 3 rings (SSSR count). The number of thioether (sulfide) groups is 1. The van der Waals surface area contributed by atoms with Gasteiger partial charge < -0.3 is 4.42 Å². The number of aromatic nitrogens is 2. The summed E-state index contributed by atoms with van der Waals surface area (Å²) in [6.07, 6.45) is 0. The summed E-state index contributed by atoms with van der Waals surface area (Å²) in [6, 6.07) is 16.2. The Kier molecular flexibility index (Phi) is 6.23. The fraction of sp³-hybridized carbons (Fsp3) is 0.0588. The Morgan fingerprint density at radius 1 is 1.00 bits per heavy atom. The Labute approximate surface area is 167 Å². The van der Waals surface area contributed by atoms with E-state index in [4.69, 9.17) is 4.42 Å². The predicted octanol–water partition coefficient (Wildman–Crippen LogP) is 2.89. The molecular formula is C17H13IN4O3S. The highest BCUT2D eigenvalue weighted by Crippen LogP contribution is 2.23. The van der Waals surface area contributed by atoms with Crippen molar-refractivity contribution in [2.24, 2.45) is 0 Å². The van der Waals surface area contributed by atoms with Crippen LogP contribution in [0.15, 0.2) is 64.2 Å². The van der Waals surface area contributed by atoms with Gasteiger partial charge in [0.05, 0.1) is 5.75 Å². The van der Waals surface area contributed by atoms with E-state index >= 15 is 0 Å². The maximum absolute atomic E-state index is 11.8. The molecule has 132 valence electrons.